The zero-order valence-corrected chi connectivity index (χ0v) is 17.2. The number of carboxylic acids is 1. The minimum absolute atomic E-state index is 0.205. The third kappa shape index (κ3) is 3.84. The molecule has 0 saturated heterocycles. The summed E-state index contributed by atoms with van der Waals surface area (Å²) in [7, 11) is 0. The number of hydrogen-bond donors (Lipinski definition) is 2. The fourth-order valence-corrected chi connectivity index (χ4v) is 3.70. The second-order valence-corrected chi connectivity index (χ2v) is 7.62. The molecule has 0 bridgehead atoms. The number of benzene rings is 4. The van der Waals surface area contributed by atoms with Crippen molar-refractivity contribution in [3.8, 4) is 16.9 Å². The van der Waals surface area contributed by atoms with E-state index in [9.17, 15) is 15.0 Å². The van der Waals surface area contributed by atoms with Gasteiger partial charge in [-0.05, 0) is 52.4 Å². The van der Waals surface area contributed by atoms with Crippen LogP contribution < -0.4 is 0 Å². The van der Waals surface area contributed by atoms with Gasteiger partial charge in [-0.3, -0.25) is 0 Å². The summed E-state index contributed by atoms with van der Waals surface area (Å²) in [4.78, 5) is 11.5. The Balaban J connectivity index is 1.85. The minimum atomic E-state index is -1.22. The highest BCUT2D eigenvalue weighted by molar-refractivity contribution is 14.1. The van der Waals surface area contributed by atoms with E-state index in [1.54, 1.807) is 24.3 Å². The molecule has 0 amide bonds. The Morgan fingerprint density at radius 3 is 2.24 bits per heavy atom. The van der Waals surface area contributed by atoms with Crippen LogP contribution in [0.4, 0.5) is 11.4 Å². The van der Waals surface area contributed by atoms with E-state index in [2.05, 4.69) is 38.9 Å². The summed E-state index contributed by atoms with van der Waals surface area (Å²) in [6.45, 7) is 0. The molecule has 142 valence electrons. The van der Waals surface area contributed by atoms with Crippen LogP contribution in [-0.4, -0.2) is 16.2 Å². The largest absolute Gasteiger partial charge is 0.506 e. The molecule has 0 radical (unpaired) electrons. The van der Waals surface area contributed by atoms with Crippen molar-refractivity contribution < 1.29 is 15.0 Å². The number of carbonyl (C=O) groups is 1. The van der Waals surface area contributed by atoms with Gasteiger partial charge in [0, 0.05) is 19.9 Å². The van der Waals surface area contributed by atoms with Gasteiger partial charge < -0.3 is 10.2 Å². The number of azo groups is 1. The molecule has 0 unspecified atom stereocenters. The molecule has 0 aliphatic heterocycles. The molecule has 0 aromatic heterocycles. The third-order valence-electron chi connectivity index (χ3n) is 4.53. The zero-order chi connectivity index (χ0) is 20.4. The molecule has 0 saturated carbocycles. The SMILES string of the molecule is O=C(O)c1cc(N=Nc2ccccc2-c2cccc(I)c2)c2ccccc2c1O. The molecule has 0 spiro atoms. The van der Waals surface area contributed by atoms with Crippen molar-refractivity contribution >= 4 is 50.7 Å². The summed E-state index contributed by atoms with van der Waals surface area (Å²) < 4.78 is 1.11. The molecule has 0 heterocycles. The predicted molar refractivity (Wildman–Crippen MR) is 121 cm³/mol. The molecule has 0 aliphatic rings. The van der Waals surface area contributed by atoms with Crippen LogP contribution in [0, 0.1) is 3.57 Å². The molecule has 29 heavy (non-hydrogen) atoms. The molecule has 5 nitrogen and oxygen atoms in total. The maximum absolute atomic E-state index is 11.5. The van der Waals surface area contributed by atoms with Crippen LogP contribution in [0.25, 0.3) is 21.9 Å². The molecule has 2 N–H and O–H groups in total. The van der Waals surface area contributed by atoms with Crippen LogP contribution in [0.15, 0.2) is 89.1 Å². The van der Waals surface area contributed by atoms with Gasteiger partial charge in [-0.1, -0.05) is 54.6 Å². The molecule has 4 aromatic carbocycles. The van der Waals surface area contributed by atoms with Gasteiger partial charge in [0.05, 0.1) is 11.4 Å². The van der Waals surface area contributed by atoms with E-state index in [-0.39, 0.29) is 11.3 Å². The van der Waals surface area contributed by atoms with E-state index in [0.717, 1.165) is 14.7 Å². The molecule has 6 heteroatoms. The Morgan fingerprint density at radius 2 is 1.48 bits per heavy atom. The normalized spacial score (nSPS) is 11.2. The maximum Gasteiger partial charge on any atom is 0.339 e. The number of aromatic carboxylic acids is 1. The minimum Gasteiger partial charge on any atom is -0.506 e. The van der Waals surface area contributed by atoms with Crippen LogP contribution in [0.5, 0.6) is 5.75 Å². The van der Waals surface area contributed by atoms with Crippen molar-refractivity contribution in [3.05, 3.63) is 88.0 Å². The Kier molecular flexibility index (Phi) is 5.26. The predicted octanol–water partition coefficient (Wildman–Crippen LogP) is 6.93. The van der Waals surface area contributed by atoms with Crippen molar-refractivity contribution in [2.24, 2.45) is 10.2 Å². The summed E-state index contributed by atoms with van der Waals surface area (Å²) >= 11 is 2.26. The molecule has 4 aromatic rings. The number of fused-ring (bicyclic) bond motifs is 1. The number of halogens is 1. The second-order valence-electron chi connectivity index (χ2n) is 6.37. The van der Waals surface area contributed by atoms with Crippen LogP contribution >= 0.6 is 22.6 Å². The van der Waals surface area contributed by atoms with Gasteiger partial charge in [-0.25, -0.2) is 4.79 Å². The Hall–Kier alpha value is -3.26. The number of nitrogens with zero attached hydrogens (tertiary/aromatic N) is 2. The second kappa shape index (κ2) is 8.00. The molecule has 4 rings (SSSR count). The fourth-order valence-electron chi connectivity index (χ4n) is 3.16. The Labute approximate surface area is 180 Å². The molecular formula is C23H15IN2O3. The summed E-state index contributed by atoms with van der Waals surface area (Å²) in [6.07, 6.45) is 0. The smallest absolute Gasteiger partial charge is 0.339 e. The first-order valence-corrected chi connectivity index (χ1v) is 9.87. The van der Waals surface area contributed by atoms with Gasteiger partial charge in [-0.2, -0.15) is 0 Å². The van der Waals surface area contributed by atoms with Crippen LogP contribution in [0.3, 0.4) is 0 Å². The van der Waals surface area contributed by atoms with Crippen molar-refractivity contribution in [1.82, 2.24) is 0 Å². The Morgan fingerprint density at radius 1 is 0.793 bits per heavy atom. The number of aromatic hydroxyl groups is 1. The van der Waals surface area contributed by atoms with Crippen LogP contribution in [0.1, 0.15) is 10.4 Å². The number of phenols is 1. The lowest BCUT2D eigenvalue weighted by atomic mass is 10.0. The quantitative estimate of drug-likeness (QED) is 0.238. The molecule has 0 aliphatic carbocycles. The lowest BCUT2D eigenvalue weighted by Gasteiger charge is -2.08. The van der Waals surface area contributed by atoms with Gasteiger partial charge in [0.1, 0.15) is 11.3 Å². The van der Waals surface area contributed by atoms with E-state index in [1.165, 1.54) is 6.07 Å². The maximum atomic E-state index is 11.5. The van der Waals surface area contributed by atoms with Crippen molar-refractivity contribution in [2.45, 2.75) is 0 Å². The van der Waals surface area contributed by atoms with Crippen LogP contribution in [-0.2, 0) is 0 Å². The highest BCUT2D eigenvalue weighted by Crippen LogP contribution is 2.38. The average Bonchev–Trinajstić information content (AvgIpc) is 2.73. The van der Waals surface area contributed by atoms with Crippen molar-refractivity contribution in [1.29, 1.82) is 0 Å². The highest BCUT2D eigenvalue weighted by atomic mass is 127. The monoisotopic (exact) mass is 494 g/mol. The van der Waals surface area contributed by atoms with E-state index in [0.29, 0.717) is 22.1 Å². The van der Waals surface area contributed by atoms with Crippen LogP contribution in [0.2, 0.25) is 0 Å². The molecule has 0 fully saturated rings. The Bertz CT molecular complexity index is 1270. The van der Waals surface area contributed by atoms with Gasteiger partial charge >= 0.3 is 5.97 Å². The first-order chi connectivity index (χ1) is 14.0. The van der Waals surface area contributed by atoms with Gasteiger partial charge in [-0.15, -0.1) is 10.2 Å². The van der Waals surface area contributed by atoms with Crippen molar-refractivity contribution in [2.75, 3.05) is 0 Å². The lowest BCUT2D eigenvalue weighted by molar-refractivity contribution is 0.0694. The summed E-state index contributed by atoms with van der Waals surface area (Å²) in [6, 6.07) is 24.0. The van der Waals surface area contributed by atoms with E-state index in [1.807, 2.05) is 42.5 Å². The van der Waals surface area contributed by atoms with E-state index >= 15 is 0 Å². The highest BCUT2D eigenvalue weighted by Gasteiger charge is 2.16. The van der Waals surface area contributed by atoms with Gasteiger partial charge in [0.2, 0.25) is 0 Å². The summed E-state index contributed by atoms with van der Waals surface area (Å²) in [5, 5.41) is 29.5. The number of carboxylic acid groups (broad SMARTS) is 1. The van der Waals surface area contributed by atoms with E-state index in [4.69, 9.17) is 0 Å². The topological polar surface area (TPSA) is 82.2 Å². The standard InChI is InChI=1S/C23H15IN2O3/c24-15-7-5-6-14(12-15)16-8-3-4-11-20(16)25-26-21-13-19(23(28)29)22(27)18-10-2-1-9-17(18)21/h1-13,27H,(H,28,29). The summed E-state index contributed by atoms with van der Waals surface area (Å²) in [5.74, 6) is -1.49. The van der Waals surface area contributed by atoms with Gasteiger partial charge in [0.15, 0.2) is 0 Å². The average molecular weight is 494 g/mol. The number of hydrogen-bond acceptors (Lipinski definition) is 4. The first-order valence-electron chi connectivity index (χ1n) is 8.79. The molecule has 0 atom stereocenters. The third-order valence-corrected chi connectivity index (χ3v) is 5.20. The van der Waals surface area contributed by atoms with Gasteiger partial charge in [0.25, 0.3) is 0 Å². The molecular weight excluding hydrogens is 479 g/mol. The first kappa shape index (κ1) is 19.1. The zero-order valence-electron chi connectivity index (χ0n) is 15.1. The fraction of sp³-hybridized carbons (Fsp3) is 0. The number of rotatable bonds is 4. The van der Waals surface area contributed by atoms with Crippen molar-refractivity contribution in [3.63, 3.8) is 0 Å². The van der Waals surface area contributed by atoms with E-state index < -0.39 is 5.97 Å². The summed E-state index contributed by atoms with van der Waals surface area (Å²) in [5.41, 5.74) is 2.80. The lowest BCUT2D eigenvalue weighted by Crippen LogP contribution is -1.97.